The third-order valence-electron chi connectivity index (χ3n) is 2.73. The van der Waals surface area contributed by atoms with Gasteiger partial charge in [0.15, 0.2) is 0 Å². The number of pyridine rings is 1. The third kappa shape index (κ3) is 2.50. The average Bonchev–Trinajstić information content (AvgIpc) is 2.54. The molecule has 7 nitrogen and oxygen atoms in total. The zero-order valence-corrected chi connectivity index (χ0v) is 9.72. The third-order valence-corrected chi connectivity index (χ3v) is 2.73. The van der Waals surface area contributed by atoms with Gasteiger partial charge in [0.2, 0.25) is 5.91 Å². The standard InChI is InChI=1S/C11H14N4O3/c12-7-5-8(11(17)18)10(14-6-7)15-3-1-9(16)13-2-4-15/h5-6H,1-4,12H2,(H,13,16)(H,17,18). The Morgan fingerprint density at radius 2 is 2.28 bits per heavy atom. The summed E-state index contributed by atoms with van der Waals surface area (Å²) < 4.78 is 0. The van der Waals surface area contributed by atoms with Crippen LogP contribution in [0.5, 0.6) is 0 Å². The molecule has 0 aliphatic carbocycles. The van der Waals surface area contributed by atoms with Gasteiger partial charge in [0.05, 0.1) is 11.9 Å². The first-order valence-electron chi connectivity index (χ1n) is 5.58. The van der Waals surface area contributed by atoms with Crippen molar-refractivity contribution in [1.82, 2.24) is 10.3 Å². The number of nitrogens with zero attached hydrogens (tertiary/aromatic N) is 2. The summed E-state index contributed by atoms with van der Waals surface area (Å²) in [6.07, 6.45) is 1.74. The van der Waals surface area contributed by atoms with E-state index in [9.17, 15) is 9.59 Å². The van der Waals surface area contributed by atoms with Gasteiger partial charge < -0.3 is 21.1 Å². The summed E-state index contributed by atoms with van der Waals surface area (Å²) in [7, 11) is 0. The van der Waals surface area contributed by atoms with Gasteiger partial charge in [-0.2, -0.15) is 0 Å². The number of nitrogens with one attached hydrogen (secondary N) is 1. The molecule has 96 valence electrons. The summed E-state index contributed by atoms with van der Waals surface area (Å²) in [5, 5.41) is 11.9. The second-order valence-corrected chi connectivity index (χ2v) is 4.03. The number of nitrogen functional groups attached to an aromatic ring is 1. The van der Waals surface area contributed by atoms with E-state index in [1.165, 1.54) is 12.3 Å². The van der Waals surface area contributed by atoms with Gasteiger partial charge in [-0.25, -0.2) is 9.78 Å². The number of anilines is 2. The first-order valence-corrected chi connectivity index (χ1v) is 5.58. The maximum Gasteiger partial charge on any atom is 0.339 e. The van der Waals surface area contributed by atoms with Gasteiger partial charge in [-0.05, 0) is 6.07 Å². The van der Waals surface area contributed by atoms with Crippen LogP contribution >= 0.6 is 0 Å². The fourth-order valence-corrected chi connectivity index (χ4v) is 1.86. The van der Waals surface area contributed by atoms with Crippen molar-refractivity contribution < 1.29 is 14.7 Å². The lowest BCUT2D eigenvalue weighted by molar-refractivity contribution is -0.120. The minimum atomic E-state index is -1.08. The van der Waals surface area contributed by atoms with Crippen LogP contribution in [0, 0.1) is 0 Å². The number of carbonyl (C=O) groups is 2. The molecule has 7 heteroatoms. The molecule has 2 heterocycles. The minimum Gasteiger partial charge on any atom is -0.478 e. The molecule has 0 atom stereocenters. The molecular formula is C11H14N4O3. The van der Waals surface area contributed by atoms with Gasteiger partial charge >= 0.3 is 5.97 Å². The summed E-state index contributed by atoms with van der Waals surface area (Å²) in [6.45, 7) is 1.45. The van der Waals surface area contributed by atoms with Gasteiger partial charge in [0.25, 0.3) is 0 Å². The SMILES string of the molecule is Nc1cnc(N2CCNC(=O)CC2)c(C(=O)O)c1. The van der Waals surface area contributed by atoms with Crippen molar-refractivity contribution in [2.24, 2.45) is 0 Å². The molecule has 4 N–H and O–H groups in total. The Hall–Kier alpha value is -2.31. The first kappa shape index (κ1) is 12.2. The molecule has 0 radical (unpaired) electrons. The van der Waals surface area contributed by atoms with Crippen LogP contribution in [-0.4, -0.2) is 41.6 Å². The van der Waals surface area contributed by atoms with E-state index in [1.807, 2.05) is 0 Å². The predicted molar refractivity (Wildman–Crippen MR) is 65.4 cm³/mol. The molecular weight excluding hydrogens is 236 g/mol. The Kier molecular flexibility index (Phi) is 3.31. The van der Waals surface area contributed by atoms with Crippen LogP contribution in [0.4, 0.5) is 11.5 Å². The smallest absolute Gasteiger partial charge is 0.339 e. The van der Waals surface area contributed by atoms with E-state index in [0.29, 0.717) is 37.6 Å². The highest BCUT2D eigenvalue weighted by molar-refractivity contribution is 5.94. The lowest BCUT2D eigenvalue weighted by atomic mass is 10.2. The molecule has 0 unspecified atom stereocenters. The van der Waals surface area contributed by atoms with Crippen molar-refractivity contribution >= 4 is 23.4 Å². The molecule has 0 aromatic carbocycles. The normalized spacial score (nSPS) is 16.0. The van der Waals surface area contributed by atoms with Crippen LogP contribution in [0.2, 0.25) is 0 Å². The Labute approximate surface area is 104 Å². The van der Waals surface area contributed by atoms with Crippen LogP contribution in [-0.2, 0) is 4.79 Å². The Morgan fingerprint density at radius 3 is 3.00 bits per heavy atom. The van der Waals surface area contributed by atoms with Crippen LogP contribution in [0.25, 0.3) is 0 Å². The number of carboxylic acid groups (broad SMARTS) is 1. The van der Waals surface area contributed by atoms with Crippen molar-refractivity contribution in [2.75, 3.05) is 30.3 Å². The van der Waals surface area contributed by atoms with Crippen molar-refractivity contribution in [1.29, 1.82) is 0 Å². The van der Waals surface area contributed by atoms with Gasteiger partial charge in [-0.15, -0.1) is 0 Å². The number of hydrogen-bond acceptors (Lipinski definition) is 5. The van der Waals surface area contributed by atoms with E-state index in [0.717, 1.165) is 0 Å². The lowest BCUT2D eigenvalue weighted by Crippen LogP contribution is -2.30. The highest BCUT2D eigenvalue weighted by Gasteiger charge is 2.20. The average molecular weight is 250 g/mol. The van der Waals surface area contributed by atoms with E-state index < -0.39 is 5.97 Å². The van der Waals surface area contributed by atoms with Crippen molar-refractivity contribution in [2.45, 2.75) is 6.42 Å². The highest BCUT2D eigenvalue weighted by atomic mass is 16.4. The van der Waals surface area contributed by atoms with Gasteiger partial charge in [-0.1, -0.05) is 0 Å². The fourth-order valence-electron chi connectivity index (χ4n) is 1.86. The number of aromatic carboxylic acids is 1. The van der Waals surface area contributed by atoms with Gasteiger partial charge in [-0.3, -0.25) is 4.79 Å². The van der Waals surface area contributed by atoms with Crippen LogP contribution in [0.15, 0.2) is 12.3 Å². The highest BCUT2D eigenvalue weighted by Crippen LogP contribution is 2.20. The zero-order chi connectivity index (χ0) is 13.1. The monoisotopic (exact) mass is 250 g/mol. The van der Waals surface area contributed by atoms with Crippen LogP contribution < -0.4 is 16.0 Å². The Morgan fingerprint density at radius 1 is 1.50 bits per heavy atom. The van der Waals surface area contributed by atoms with Crippen molar-refractivity contribution in [3.05, 3.63) is 17.8 Å². The number of carbonyl (C=O) groups excluding carboxylic acids is 1. The summed E-state index contributed by atoms with van der Waals surface area (Å²) >= 11 is 0. The molecule has 1 fully saturated rings. The number of hydrogen-bond donors (Lipinski definition) is 3. The summed E-state index contributed by atoms with van der Waals surface area (Å²) in [6, 6.07) is 1.38. The molecule has 1 amide bonds. The number of rotatable bonds is 2. The number of carboxylic acids is 1. The largest absolute Gasteiger partial charge is 0.478 e. The predicted octanol–water partition coefficient (Wildman–Crippen LogP) is -0.312. The molecule has 2 rings (SSSR count). The molecule has 1 aromatic heterocycles. The van der Waals surface area contributed by atoms with Crippen LogP contribution in [0.3, 0.4) is 0 Å². The topological polar surface area (TPSA) is 109 Å². The molecule has 1 aliphatic rings. The summed E-state index contributed by atoms with van der Waals surface area (Å²) in [4.78, 5) is 28.2. The van der Waals surface area contributed by atoms with E-state index in [2.05, 4.69) is 10.3 Å². The molecule has 1 aromatic rings. The molecule has 1 saturated heterocycles. The van der Waals surface area contributed by atoms with E-state index in [4.69, 9.17) is 10.8 Å². The van der Waals surface area contributed by atoms with Gasteiger partial charge in [0, 0.05) is 26.1 Å². The van der Waals surface area contributed by atoms with E-state index in [-0.39, 0.29) is 11.5 Å². The van der Waals surface area contributed by atoms with E-state index >= 15 is 0 Å². The minimum absolute atomic E-state index is 0.0372. The number of amides is 1. The van der Waals surface area contributed by atoms with Crippen LogP contribution in [0.1, 0.15) is 16.8 Å². The fraction of sp³-hybridized carbons (Fsp3) is 0.364. The van der Waals surface area contributed by atoms with Gasteiger partial charge in [0.1, 0.15) is 11.4 Å². The summed E-state index contributed by atoms with van der Waals surface area (Å²) in [5.74, 6) is -0.758. The molecule has 0 bridgehead atoms. The lowest BCUT2D eigenvalue weighted by Gasteiger charge is -2.22. The number of aromatic nitrogens is 1. The second-order valence-electron chi connectivity index (χ2n) is 4.03. The van der Waals surface area contributed by atoms with Crippen molar-refractivity contribution in [3.8, 4) is 0 Å². The second kappa shape index (κ2) is 4.91. The van der Waals surface area contributed by atoms with E-state index in [1.54, 1.807) is 4.90 Å². The first-order chi connectivity index (χ1) is 8.58. The summed E-state index contributed by atoms with van der Waals surface area (Å²) in [5.41, 5.74) is 5.90. The van der Waals surface area contributed by atoms with Crippen molar-refractivity contribution in [3.63, 3.8) is 0 Å². The quantitative estimate of drug-likeness (QED) is 0.664. The number of nitrogens with two attached hydrogens (primary N) is 1. The Balaban J connectivity index is 2.31. The maximum absolute atomic E-state index is 11.2. The Bertz CT molecular complexity index is 489. The molecule has 0 saturated carbocycles. The molecule has 1 aliphatic heterocycles. The maximum atomic E-state index is 11.2. The molecule has 18 heavy (non-hydrogen) atoms. The zero-order valence-electron chi connectivity index (χ0n) is 9.72. The molecule has 0 spiro atoms.